The van der Waals surface area contributed by atoms with Gasteiger partial charge in [0, 0.05) is 17.1 Å². The van der Waals surface area contributed by atoms with Crippen LogP contribution in [0.5, 0.6) is 5.75 Å². The second kappa shape index (κ2) is 8.82. The first-order valence-electron chi connectivity index (χ1n) is 8.45. The molecule has 5 nitrogen and oxygen atoms in total. The van der Waals surface area contributed by atoms with Crippen LogP contribution >= 0.6 is 23.8 Å². The van der Waals surface area contributed by atoms with Crippen molar-refractivity contribution in [3.05, 3.63) is 82.9 Å². The Morgan fingerprint density at radius 1 is 1.14 bits per heavy atom. The SMILES string of the molecule is C=CCN1C(=O)/C(=C/c2ccc(OCc3ccccc3Cl)cc2)C(=O)NC1=S. The van der Waals surface area contributed by atoms with Crippen LogP contribution in [0.15, 0.2) is 66.8 Å². The Labute approximate surface area is 173 Å². The smallest absolute Gasteiger partial charge is 0.265 e. The lowest BCUT2D eigenvalue weighted by Gasteiger charge is -2.27. The molecule has 0 atom stereocenters. The third-order valence-electron chi connectivity index (χ3n) is 4.04. The fourth-order valence-electron chi connectivity index (χ4n) is 2.59. The molecule has 142 valence electrons. The first-order chi connectivity index (χ1) is 13.5. The number of thiocarbonyl (C=S) groups is 1. The summed E-state index contributed by atoms with van der Waals surface area (Å²) in [5, 5.41) is 3.24. The molecule has 0 aliphatic carbocycles. The van der Waals surface area contributed by atoms with E-state index in [1.165, 1.54) is 11.0 Å². The van der Waals surface area contributed by atoms with Crippen LogP contribution in [-0.4, -0.2) is 28.4 Å². The summed E-state index contributed by atoms with van der Waals surface area (Å²) >= 11 is 11.2. The summed E-state index contributed by atoms with van der Waals surface area (Å²) in [4.78, 5) is 26.0. The zero-order valence-corrected chi connectivity index (χ0v) is 16.4. The molecular formula is C21H17ClN2O3S. The minimum absolute atomic E-state index is 0.0141. The second-order valence-electron chi connectivity index (χ2n) is 5.97. The van der Waals surface area contributed by atoms with Crippen LogP contribution in [0.2, 0.25) is 5.02 Å². The third kappa shape index (κ3) is 4.47. The van der Waals surface area contributed by atoms with Gasteiger partial charge in [-0.25, -0.2) is 0 Å². The maximum Gasteiger partial charge on any atom is 0.265 e. The van der Waals surface area contributed by atoms with E-state index in [9.17, 15) is 9.59 Å². The molecule has 0 saturated carbocycles. The molecule has 0 spiro atoms. The van der Waals surface area contributed by atoms with Crippen LogP contribution in [0.4, 0.5) is 0 Å². The molecule has 2 aromatic carbocycles. The number of ether oxygens (including phenoxy) is 1. The summed E-state index contributed by atoms with van der Waals surface area (Å²) < 4.78 is 5.74. The molecule has 1 aliphatic heterocycles. The highest BCUT2D eigenvalue weighted by Crippen LogP contribution is 2.20. The number of benzene rings is 2. The monoisotopic (exact) mass is 412 g/mol. The van der Waals surface area contributed by atoms with E-state index in [-0.39, 0.29) is 17.2 Å². The second-order valence-corrected chi connectivity index (χ2v) is 6.76. The van der Waals surface area contributed by atoms with Crippen molar-refractivity contribution in [1.82, 2.24) is 10.2 Å². The van der Waals surface area contributed by atoms with Crippen molar-refractivity contribution in [3.63, 3.8) is 0 Å². The van der Waals surface area contributed by atoms with Crippen molar-refractivity contribution in [2.75, 3.05) is 6.54 Å². The topological polar surface area (TPSA) is 58.6 Å². The Morgan fingerprint density at radius 2 is 1.86 bits per heavy atom. The Morgan fingerprint density at radius 3 is 2.54 bits per heavy atom. The molecule has 3 rings (SSSR count). The van der Waals surface area contributed by atoms with E-state index in [2.05, 4.69) is 11.9 Å². The van der Waals surface area contributed by atoms with Crippen molar-refractivity contribution in [1.29, 1.82) is 0 Å². The van der Waals surface area contributed by atoms with Gasteiger partial charge in [0.2, 0.25) is 0 Å². The molecule has 7 heteroatoms. The summed E-state index contributed by atoms with van der Waals surface area (Å²) in [7, 11) is 0. The van der Waals surface area contributed by atoms with Crippen LogP contribution in [0.3, 0.4) is 0 Å². The first kappa shape index (κ1) is 19.8. The Bertz CT molecular complexity index is 970. The van der Waals surface area contributed by atoms with Crippen LogP contribution < -0.4 is 10.1 Å². The summed E-state index contributed by atoms with van der Waals surface area (Å²) in [5.41, 5.74) is 1.59. The van der Waals surface area contributed by atoms with Crippen molar-refractivity contribution in [2.45, 2.75) is 6.61 Å². The van der Waals surface area contributed by atoms with Gasteiger partial charge < -0.3 is 4.74 Å². The minimum atomic E-state index is -0.519. The molecule has 1 saturated heterocycles. The molecule has 2 aromatic rings. The summed E-state index contributed by atoms with van der Waals surface area (Å²) in [6.07, 6.45) is 3.07. The van der Waals surface area contributed by atoms with Gasteiger partial charge in [0.1, 0.15) is 17.9 Å². The number of hydrogen-bond acceptors (Lipinski definition) is 4. The molecule has 1 heterocycles. The lowest BCUT2D eigenvalue weighted by atomic mass is 10.1. The van der Waals surface area contributed by atoms with E-state index in [4.69, 9.17) is 28.6 Å². The van der Waals surface area contributed by atoms with E-state index in [0.29, 0.717) is 22.9 Å². The quantitative estimate of drug-likeness (QED) is 0.340. The number of carbonyl (C=O) groups excluding carboxylic acids is 2. The predicted molar refractivity (Wildman–Crippen MR) is 113 cm³/mol. The van der Waals surface area contributed by atoms with E-state index >= 15 is 0 Å². The number of rotatable bonds is 6. The fraction of sp³-hybridized carbons (Fsp3) is 0.0952. The number of halogens is 1. The Hall–Kier alpha value is -2.96. The fourth-order valence-corrected chi connectivity index (χ4v) is 3.03. The highest BCUT2D eigenvalue weighted by atomic mass is 35.5. The lowest BCUT2D eigenvalue weighted by molar-refractivity contribution is -0.128. The molecule has 0 radical (unpaired) electrons. The van der Waals surface area contributed by atoms with Crippen LogP contribution in [-0.2, 0) is 16.2 Å². The molecule has 0 unspecified atom stereocenters. The van der Waals surface area contributed by atoms with Crippen LogP contribution in [0.1, 0.15) is 11.1 Å². The van der Waals surface area contributed by atoms with Gasteiger partial charge in [-0.15, -0.1) is 6.58 Å². The van der Waals surface area contributed by atoms with Gasteiger partial charge in [0.25, 0.3) is 11.8 Å². The summed E-state index contributed by atoms with van der Waals surface area (Å²) in [5.74, 6) is -0.321. The molecule has 0 bridgehead atoms. The first-order valence-corrected chi connectivity index (χ1v) is 9.24. The van der Waals surface area contributed by atoms with E-state index in [1.54, 1.807) is 30.3 Å². The number of hydrogen-bond donors (Lipinski definition) is 1. The van der Waals surface area contributed by atoms with E-state index in [0.717, 1.165) is 5.56 Å². The lowest BCUT2D eigenvalue weighted by Crippen LogP contribution is -2.53. The van der Waals surface area contributed by atoms with Crippen molar-refractivity contribution < 1.29 is 14.3 Å². The van der Waals surface area contributed by atoms with Gasteiger partial charge in [0.05, 0.1) is 0 Å². The van der Waals surface area contributed by atoms with Crippen molar-refractivity contribution in [2.24, 2.45) is 0 Å². The average molecular weight is 413 g/mol. The predicted octanol–water partition coefficient (Wildman–Crippen LogP) is 3.73. The van der Waals surface area contributed by atoms with Crippen molar-refractivity contribution in [3.8, 4) is 5.75 Å². The van der Waals surface area contributed by atoms with E-state index < -0.39 is 11.8 Å². The number of carbonyl (C=O) groups is 2. The zero-order valence-electron chi connectivity index (χ0n) is 14.9. The number of nitrogens with one attached hydrogen (secondary N) is 1. The average Bonchev–Trinajstić information content (AvgIpc) is 2.69. The summed E-state index contributed by atoms with van der Waals surface area (Å²) in [6, 6.07) is 14.5. The van der Waals surface area contributed by atoms with E-state index in [1.807, 2.05) is 24.3 Å². The van der Waals surface area contributed by atoms with Crippen molar-refractivity contribution >= 4 is 46.8 Å². The number of amides is 2. The van der Waals surface area contributed by atoms with Gasteiger partial charge in [-0.3, -0.25) is 19.8 Å². The zero-order chi connectivity index (χ0) is 20.1. The van der Waals surface area contributed by atoms with Gasteiger partial charge >= 0.3 is 0 Å². The molecule has 28 heavy (non-hydrogen) atoms. The highest BCUT2D eigenvalue weighted by Gasteiger charge is 2.32. The molecule has 1 fully saturated rings. The standard InChI is InChI=1S/C21H17ClN2O3S/c1-2-11-24-20(26)17(19(25)23-21(24)28)12-14-7-9-16(10-8-14)27-13-15-5-3-4-6-18(15)22/h2-10,12H,1,11,13H2,(H,23,25,28)/b17-12+. The van der Waals surface area contributed by atoms with Gasteiger partial charge in [-0.2, -0.15) is 0 Å². The third-order valence-corrected chi connectivity index (χ3v) is 4.73. The molecule has 1 N–H and O–H groups in total. The van der Waals surface area contributed by atoms with Gasteiger partial charge in [-0.1, -0.05) is 48.0 Å². The largest absolute Gasteiger partial charge is 0.489 e. The molecular weight excluding hydrogens is 396 g/mol. The summed E-state index contributed by atoms with van der Waals surface area (Å²) in [6.45, 7) is 4.17. The number of nitrogens with zero attached hydrogens (tertiary/aromatic N) is 1. The Balaban J connectivity index is 1.73. The normalized spacial score (nSPS) is 15.5. The Kier molecular flexibility index (Phi) is 6.23. The van der Waals surface area contributed by atoms with Gasteiger partial charge in [-0.05, 0) is 42.1 Å². The van der Waals surface area contributed by atoms with Crippen LogP contribution in [0, 0.1) is 0 Å². The maximum atomic E-state index is 12.5. The molecule has 0 aromatic heterocycles. The molecule has 1 aliphatic rings. The highest BCUT2D eigenvalue weighted by molar-refractivity contribution is 7.80. The minimum Gasteiger partial charge on any atom is -0.489 e. The molecule has 2 amide bonds. The van der Waals surface area contributed by atoms with Crippen LogP contribution in [0.25, 0.3) is 6.08 Å². The maximum absolute atomic E-state index is 12.5. The van der Waals surface area contributed by atoms with Gasteiger partial charge in [0.15, 0.2) is 5.11 Å².